The second kappa shape index (κ2) is 12.1. The minimum atomic E-state index is -0.473. The van der Waals surface area contributed by atoms with Crippen LogP contribution in [0.2, 0.25) is 0 Å². The Hall–Kier alpha value is -1.51. The number of carbonyl (C=O) groups is 1. The molecule has 0 atom stereocenters. The summed E-state index contributed by atoms with van der Waals surface area (Å²) in [7, 11) is 1.82. The molecule has 158 valence electrons. The van der Waals surface area contributed by atoms with Crippen LogP contribution in [-0.4, -0.2) is 38.6 Å². The molecular formula is C21H35IN4O2. The summed E-state index contributed by atoms with van der Waals surface area (Å²) >= 11 is 0. The quantitative estimate of drug-likeness (QED) is 0.261. The number of ether oxygens (including phenoxy) is 1. The van der Waals surface area contributed by atoms with E-state index in [4.69, 9.17) is 10.5 Å². The van der Waals surface area contributed by atoms with Gasteiger partial charge in [-0.3, -0.25) is 9.79 Å². The fourth-order valence-corrected chi connectivity index (χ4v) is 3.72. The summed E-state index contributed by atoms with van der Waals surface area (Å²) in [5.41, 5.74) is 6.72. The van der Waals surface area contributed by atoms with Crippen molar-refractivity contribution >= 4 is 35.8 Å². The molecule has 0 aromatic heterocycles. The third-order valence-corrected chi connectivity index (χ3v) is 5.12. The highest BCUT2D eigenvalue weighted by Crippen LogP contribution is 2.45. The highest BCUT2D eigenvalue weighted by molar-refractivity contribution is 14.0. The summed E-state index contributed by atoms with van der Waals surface area (Å²) in [5, 5.41) is 6.91. The smallest absolute Gasteiger partial charge is 0.255 e. The maximum absolute atomic E-state index is 10.7. The van der Waals surface area contributed by atoms with Crippen molar-refractivity contribution in [2.24, 2.45) is 22.1 Å². The summed E-state index contributed by atoms with van der Waals surface area (Å²) in [5.74, 6) is 1.78. The maximum Gasteiger partial charge on any atom is 0.255 e. The third-order valence-electron chi connectivity index (χ3n) is 5.12. The molecule has 1 aliphatic carbocycles. The summed E-state index contributed by atoms with van der Waals surface area (Å²) in [6, 6.07) is 7.72. The lowest BCUT2D eigenvalue weighted by Crippen LogP contribution is -2.47. The number of carbonyl (C=O) groups excluding carboxylic acids is 1. The molecule has 0 unspecified atom stereocenters. The molecule has 0 radical (unpaired) electrons. The molecule has 4 N–H and O–H groups in total. The van der Waals surface area contributed by atoms with Crippen molar-refractivity contribution in [1.29, 1.82) is 0 Å². The number of nitrogens with zero attached hydrogens (tertiary/aromatic N) is 1. The Labute approximate surface area is 186 Å². The van der Waals surface area contributed by atoms with E-state index in [1.807, 2.05) is 31.3 Å². The number of rotatable bonds is 10. The van der Waals surface area contributed by atoms with Crippen LogP contribution < -0.4 is 21.1 Å². The molecule has 0 spiro atoms. The number of amides is 1. The van der Waals surface area contributed by atoms with Crippen LogP contribution in [0.3, 0.4) is 0 Å². The molecule has 0 aliphatic heterocycles. The molecule has 1 saturated carbocycles. The third kappa shape index (κ3) is 8.24. The van der Waals surface area contributed by atoms with Crippen LogP contribution in [0.15, 0.2) is 29.3 Å². The topological polar surface area (TPSA) is 88.7 Å². The lowest BCUT2D eigenvalue weighted by atomic mass is 9.64. The zero-order valence-corrected chi connectivity index (χ0v) is 19.6. The van der Waals surface area contributed by atoms with E-state index in [9.17, 15) is 4.79 Å². The number of primary amides is 1. The van der Waals surface area contributed by atoms with Gasteiger partial charge in [0.2, 0.25) is 0 Å². The van der Waals surface area contributed by atoms with Gasteiger partial charge in [-0.15, -0.1) is 24.0 Å². The van der Waals surface area contributed by atoms with Crippen LogP contribution in [0.1, 0.15) is 45.1 Å². The first-order valence-electron chi connectivity index (χ1n) is 9.87. The summed E-state index contributed by atoms with van der Waals surface area (Å²) < 4.78 is 5.27. The van der Waals surface area contributed by atoms with Gasteiger partial charge in [0, 0.05) is 20.1 Å². The molecule has 1 aromatic rings. The van der Waals surface area contributed by atoms with E-state index in [1.165, 1.54) is 31.2 Å². The van der Waals surface area contributed by atoms with E-state index in [0.29, 0.717) is 11.2 Å². The SMILES string of the molecule is CN=C(NCCc1ccc(OCC(N)=O)cc1)NCC1(CC(C)C)CCC1.I. The predicted molar refractivity (Wildman–Crippen MR) is 125 cm³/mol. The lowest BCUT2D eigenvalue weighted by Gasteiger charge is -2.43. The number of hydrogen-bond donors (Lipinski definition) is 3. The second-order valence-corrected chi connectivity index (χ2v) is 7.95. The van der Waals surface area contributed by atoms with Crippen LogP contribution in [0.4, 0.5) is 0 Å². The number of hydrogen-bond acceptors (Lipinski definition) is 3. The van der Waals surface area contributed by atoms with Gasteiger partial charge in [-0.1, -0.05) is 32.4 Å². The average Bonchev–Trinajstić information content (AvgIpc) is 2.60. The van der Waals surface area contributed by atoms with E-state index < -0.39 is 5.91 Å². The van der Waals surface area contributed by atoms with E-state index in [2.05, 4.69) is 29.5 Å². The molecule has 1 aliphatic rings. The molecule has 28 heavy (non-hydrogen) atoms. The van der Waals surface area contributed by atoms with Gasteiger partial charge in [-0.2, -0.15) is 0 Å². The van der Waals surface area contributed by atoms with Gasteiger partial charge in [-0.25, -0.2) is 0 Å². The Balaban J connectivity index is 0.00000392. The molecule has 0 bridgehead atoms. The average molecular weight is 502 g/mol. The lowest BCUT2D eigenvalue weighted by molar-refractivity contribution is -0.119. The zero-order valence-electron chi connectivity index (χ0n) is 17.3. The first kappa shape index (κ1) is 24.5. The number of nitrogens with two attached hydrogens (primary N) is 1. The minimum Gasteiger partial charge on any atom is -0.484 e. The number of aliphatic imine (C=N–C) groups is 1. The molecule has 0 saturated heterocycles. The van der Waals surface area contributed by atoms with Crippen molar-refractivity contribution in [3.8, 4) is 5.75 Å². The van der Waals surface area contributed by atoms with Crippen molar-refractivity contribution in [2.75, 3.05) is 26.7 Å². The normalized spacial score (nSPS) is 15.4. The zero-order chi connectivity index (χ0) is 19.7. The number of guanidine groups is 1. The fraction of sp³-hybridized carbons (Fsp3) is 0.619. The van der Waals surface area contributed by atoms with Crippen LogP contribution in [-0.2, 0) is 11.2 Å². The Morgan fingerprint density at radius 1 is 1.25 bits per heavy atom. The maximum atomic E-state index is 10.7. The molecule has 1 fully saturated rings. The Kier molecular flexibility index (Phi) is 10.6. The highest BCUT2D eigenvalue weighted by Gasteiger charge is 2.37. The van der Waals surface area contributed by atoms with Crippen LogP contribution in [0, 0.1) is 11.3 Å². The van der Waals surface area contributed by atoms with Gasteiger partial charge in [0.05, 0.1) is 0 Å². The summed E-state index contributed by atoms with van der Waals surface area (Å²) in [4.78, 5) is 15.1. The van der Waals surface area contributed by atoms with E-state index >= 15 is 0 Å². The first-order valence-corrected chi connectivity index (χ1v) is 9.87. The number of nitrogens with one attached hydrogen (secondary N) is 2. The van der Waals surface area contributed by atoms with Gasteiger partial charge in [0.25, 0.3) is 5.91 Å². The van der Waals surface area contributed by atoms with Crippen molar-refractivity contribution in [1.82, 2.24) is 10.6 Å². The van der Waals surface area contributed by atoms with E-state index in [1.54, 1.807) is 0 Å². The molecule has 6 nitrogen and oxygen atoms in total. The fourth-order valence-electron chi connectivity index (χ4n) is 3.72. The number of halogens is 1. The van der Waals surface area contributed by atoms with Crippen molar-refractivity contribution in [2.45, 2.75) is 46.0 Å². The second-order valence-electron chi connectivity index (χ2n) is 7.95. The van der Waals surface area contributed by atoms with Crippen molar-refractivity contribution in [3.05, 3.63) is 29.8 Å². The Morgan fingerprint density at radius 2 is 1.93 bits per heavy atom. The monoisotopic (exact) mass is 502 g/mol. The highest BCUT2D eigenvalue weighted by atomic mass is 127. The van der Waals surface area contributed by atoms with Gasteiger partial charge >= 0.3 is 0 Å². The van der Waals surface area contributed by atoms with Crippen LogP contribution in [0.5, 0.6) is 5.75 Å². The summed E-state index contributed by atoms with van der Waals surface area (Å²) in [6.07, 6.45) is 6.15. The van der Waals surface area contributed by atoms with Gasteiger partial charge in [-0.05, 0) is 54.7 Å². The van der Waals surface area contributed by atoms with Crippen LogP contribution in [0.25, 0.3) is 0 Å². The minimum absolute atomic E-state index is 0. The molecule has 7 heteroatoms. The van der Waals surface area contributed by atoms with Crippen molar-refractivity contribution < 1.29 is 9.53 Å². The number of benzene rings is 1. The van der Waals surface area contributed by atoms with Gasteiger partial charge in [0.1, 0.15) is 5.75 Å². The summed E-state index contributed by atoms with van der Waals surface area (Å²) in [6.45, 7) is 6.31. The largest absolute Gasteiger partial charge is 0.484 e. The first-order chi connectivity index (χ1) is 12.9. The molecule has 1 aromatic carbocycles. The van der Waals surface area contributed by atoms with Crippen LogP contribution >= 0.6 is 24.0 Å². The molecule has 1 amide bonds. The standard InChI is InChI=1S/C21H34N4O2.HI/c1-16(2)13-21(10-4-11-21)15-25-20(23-3)24-12-9-17-5-7-18(8-6-17)27-14-19(22)26;/h5-8,16H,4,9-15H2,1-3H3,(H2,22,26)(H2,23,24,25);1H. The predicted octanol–water partition coefficient (Wildman–Crippen LogP) is 3.09. The van der Waals surface area contributed by atoms with Crippen molar-refractivity contribution in [3.63, 3.8) is 0 Å². The Morgan fingerprint density at radius 3 is 2.43 bits per heavy atom. The van der Waals surface area contributed by atoms with Gasteiger partial charge in [0.15, 0.2) is 12.6 Å². The molecule has 0 heterocycles. The van der Waals surface area contributed by atoms with E-state index in [-0.39, 0.29) is 30.6 Å². The molecular weight excluding hydrogens is 467 g/mol. The van der Waals surface area contributed by atoms with Gasteiger partial charge < -0.3 is 21.1 Å². The molecule has 2 rings (SSSR count). The van der Waals surface area contributed by atoms with E-state index in [0.717, 1.165) is 31.4 Å². The Bertz CT molecular complexity index is 628.